The van der Waals surface area contributed by atoms with Gasteiger partial charge in [0.1, 0.15) is 0 Å². The van der Waals surface area contributed by atoms with E-state index < -0.39 is 16.1 Å². The van der Waals surface area contributed by atoms with Crippen molar-refractivity contribution in [3.8, 4) is 0 Å². The third-order valence-electron chi connectivity index (χ3n) is 4.56. The number of nitrogens with zero attached hydrogens (tertiary/aromatic N) is 1. The van der Waals surface area contributed by atoms with E-state index in [-0.39, 0.29) is 10.8 Å². The third kappa shape index (κ3) is 5.31. The number of hydrogen-bond acceptors (Lipinski definition) is 5. The molecule has 2 N–H and O–H groups in total. The van der Waals surface area contributed by atoms with Crippen LogP contribution >= 0.6 is 0 Å². The largest absolute Gasteiger partial charge is 0.378 e. The summed E-state index contributed by atoms with van der Waals surface area (Å²) in [5, 5.41) is 2.77. The van der Waals surface area contributed by atoms with Crippen molar-refractivity contribution in [2.24, 2.45) is 0 Å². The minimum Gasteiger partial charge on any atom is -0.378 e. The maximum absolute atomic E-state index is 12.3. The first-order valence-corrected chi connectivity index (χ1v) is 10.7. The zero-order valence-corrected chi connectivity index (χ0v) is 16.6. The van der Waals surface area contributed by atoms with Gasteiger partial charge in [-0.05, 0) is 36.8 Å². The number of benzene rings is 2. The van der Waals surface area contributed by atoms with Gasteiger partial charge in [-0.1, -0.05) is 30.3 Å². The van der Waals surface area contributed by atoms with Gasteiger partial charge in [0.05, 0.1) is 24.2 Å². The zero-order chi connectivity index (χ0) is 20.0. The number of rotatable bonds is 7. The normalized spacial score (nSPS) is 15.8. The molecule has 1 fully saturated rings. The van der Waals surface area contributed by atoms with E-state index in [2.05, 4.69) is 14.9 Å². The monoisotopic (exact) mass is 403 g/mol. The first-order valence-electron chi connectivity index (χ1n) is 9.22. The molecular formula is C20H25N3O4S. The Balaban J connectivity index is 1.52. The molecule has 28 heavy (non-hydrogen) atoms. The van der Waals surface area contributed by atoms with Crippen molar-refractivity contribution in [2.75, 3.05) is 31.2 Å². The molecule has 8 heteroatoms. The molecular weight excluding hydrogens is 378 g/mol. The summed E-state index contributed by atoms with van der Waals surface area (Å²) in [5.74, 6) is -0.378. The molecule has 0 spiro atoms. The number of morpholine rings is 1. The number of anilines is 1. The molecule has 0 unspecified atom stereocenters. The molecule has 1 amide bonds. The topological polar surface area (TPSA) is 87.7 Å². The maximum atomic E-state index is 12.3. The average molecular weight is 404 g/mol. The fraction of sp³-hybridized carbons (Fsp3) is 0.350. The molecule has 0 bridgehead atoms. The fourth-order valence-corrected chi connectivity index (χ4v) is 4.17. The lowest BCUT2D eigenvalue weighted by Gasteiger charge is -2.28. The summed E-state index contributed by atoms with van der Waals surface area (Å²) >= 11 is 0. The van der Waals surface area contributed by atoms with E-state index in [1.54, 1.807) is 18.2 Å². The van der Waals surface area contributed by atoms with E-state index in [1.165, 1.54) is 19.1 Å². The standard InChI is InChI=1S/C20H25N3O4S/c1-16(22-28(25,26)19-5-3-2-4-6-19)20(24)21-15-17-7-9-18(10-8-17)23-11-13-27-14-12-23/h2-10,16,22H,11-15H2,1H3,(H,21,24)/t16-/m0/s1. The number of carbonyl (C=O) groups excluding carboxylic acids is 1. The van der Waals surface area contributed by atoms with Gasteiger partial charge >= 0.3 is 0 Å². The van der Waals surface area contributed by atoms with Crippen LogP contribution in [0.5, 0.6) is 0 Å². The molecule has 0 saturated carbocycles. The third-order valence-corrected chi connectivity index (χ3v) is 6.11. The molecule has 0 aromatic heterocycles. The Morgan fingerprint density at radius 2 is 1.71 bits per heavy atom. The smallest absolute Gasteiger partial charge is 0.241 e. The Bertz CT molecular complexity index is 879. The summed E-state index contributed by atoms with van der Waals surface area (Å²) in [6.07, 6.45) is 0. The summed E-state index contributed by atoms with van der Waals surface area (Å²) in [6, 6.07) is 15.1. The predicted molar refractivity (Wildman–Crippen MR) is 108 cm³/mol. The van der Waals surface area contributed by atoms with E-state index in [1.807, 2.05) is 24.3 Å². The summed E-state index contributed by atoms with van der Waals surface area (Å²) in [4.78, 5) is 14.7. The van der Waals surface area contributed by atoms with Gasteiger partial charge in [0.2, 0.25) is 15.9 Å². The Morgan fingerprint density at radius 1 is 1.07 bits per heavy atom. The highest BCUT2D eigenvalue weighted by molar-refractivity contribution is 7.89. The first kappa shape index (κ1) is 20.3. The molecule has 0 radical (unpaired) electrons. The van der Waals surface area contributed by atoms with Crippen LogP contribution in [0.25, 0.3) is 0 Å². The Hall–Kier alpha value is -2.42. The Labute approximate surface area is 165 Å². The summed E-state index contributed by atoms with van der Waals surface area (Å²) in [7, 11) is -3.73. The highest BCUT2D eigenvalue weighted by atomic mass is 32.2. The van der Waals surface area contributed by atoms with Gasteiger partial charge in [-0.3, -0.25) is 4.79 Å². The predicted octanol–water partition coefficient (Wildman–Crippen LogP) is 1.51. The van der Waals surface area contributed by atoms with Gasteiger partial charge in [-0.2, -0.15) is 4.72 Å². The second-order valence-electron chi connectivity index (χ2n) is 6.64. The van der Waals surface area contributed by atoms with Gasteiger partial charge in [0.15, 0.2) is 0 Å². The quantitative estimate of drug-likeness (QED) is 0.732. The molecule has 1 heterocycles. The van der Waals surface area contributed by atoms with Crippen LogP contribution in [0.4, 0.5) is 5.69 Å². The number of carbonyl (C=O) groups is 1. The second-order valence-corrected chi connectivity index (χ2v) is 8.35. The highest BCUT2D eigenvalue weighted by Crippen LogP contribution is 2.16. The molecule has 1 saturated heterocycles. The number of ether oxygens (including phenoxy) is 1. The molecule has 1 aliphatic rings. The lowest BCUT2D eigenvalue weighted by molar-refractivity contribution is -0.122. The zero-order valence-electron chi connectivity index (χ0n) is 15.8. The van der Waals surface area contributed by atoms with Crippen LogP contribution in [0.15, 0.2) is 59.5 Å². The molecule has 7 nitrogen and oxygen atoms in total. The second kappa shape index (κ2) is 9.18. The van der Waals surface area contributed by atoms with Gasteiger partial charge in [0, 0.05) is 25.3 Å². The van der Waals surface area contributed by atoms with Crippen molar-refractivity contribution in [1.82, 2.24) is 10.0 Å². The minimum absolute atomic E-state index is 0.133. The van der Waals surface area contributed by atoms with E-state index >= 15 is 0 Å². The van der Waals surface area contributed by atoms with Crippen molar-refractivity contribution < 1.29 is 17.9 Å². The van der Waals surface area contributed by atoms with E-state index in [0.717, 1.165) is 37.6 Å². The molecule has 1 aliphatic heterocycles. The van der Waals surface area contributed by atoms with Gasteiger partial charge < -0.3 is 15.0 Å². The Morgan fingerprint density at radius 3 is 2.36 bits per heavy atom. The van der Waals surface area contributed by atoms with Gasteiger partial charge in [0.25, 0.3) is 0 Å². The molecule has 3 rings (SSSR count). The molecule has 2 aromatic rings. The first-order chi connectivity index (χ1) is 13.5. The van der Waals surface area contributed by atoms with Crippen LogP contribution in [-0.2, 0) is 26.1 Å². The van der Waals surface area contributed by atoms with Crippen LogP contribution in [0.2, 0.25) is 0 Å². The highest BCUT2D eigenvalue weighted by Gasteiger charge is 2.21. The van der Waals surface area contributed by atoms with E-state index in [0.29, 0.717) is 6.54 Å². The van der Waals surface area contributed by atoms with Crippen molar-refractivity contribution in [3.63, 3.8) is 0 Å². The summed E-state index contributed by atoms with van der Waals surface area (Å²) < 4.78 is 32.4. The van der Waals surface area contributed by atoms with Crippen molar-refractivity contribution in [2.45, 2.75) is 24.4 Å². The minimum atomic E-state index is -3.73. The van der Waals surface area contributed by atoms with Crippen LogP contribution in [0, 0.1) is 0 Å². The van der Waals surface area contributed by atoms with Crippen molar-refractivity contribution >= 4 is 21.6 Å². The van der Waals surface area contributed by atoms with Gasteiger partial charge in [-0.25, -0.2) is 8.42 Å². The number of amides is 1. The Kier molecular flexibility index (Phi) is 6.66. The number of sulfonamides is 1. The maximum Gasteiger partial charge on any atom is 0.241 e. The summed E-state index contributed by atoms with van der Waals surface area (Å²) in [5.41, 5.74) is 2.07. The van der Waals surface area contributed by atoms with Crippen molar-refractivity contribution in [3.05, 3.63) is 60.2 Å². The van der Waals surface area contributed by atoms with Crippen LogP contribution in [0.3, 0.4) is 0 Å². The van der Waals surface area contributed by atoms with Crippen LogP contribution in [-0.4, -0.2) is 46.7 Å². The lowest BCUT2D eigenvalue weighted by Crippen LogP contribution is -2.44. The summed E-state index contributed by atoms with van der Waals surface area (Å²) in [6.45, 7) is 5.06. The SMILES string of the molecule is C[C@H](NS(=O)(=O)c1ccccc1)C(=O)NCc1ccc(N2CCOCC2)cc1. The number of hydrogen-bond donors (Lipinski definition) is 2. The molecule has 0 aliphatic carbocycles. The van der Waals surface area contributed by atoms with Gasteiger partial charge in [-0.15, -0.1) is 0 Å². The molecule has 150 valence electrons. The lowest BCUT2D eigenvalue weighted by atomic mass is 10.2. The average Bonchev–Trinajstić information content (AvgIpc) is 2.73. The molecule has 2 aromatic carbocycles. The van der Waals surface area contributed by atoms with Crippen LogP contribution < -0.4 is 14.9 Å². The van der Waals surface area contributed by atoms with E-state index in [4.69, 9.17) is 4.74 Å². The number of nitrogens with one attached hydrogen (secondary N) is 2. The van der Waals surface area contributed by atoms with Crippen LogP contribution in [0.1, 0.15) is 12.5 Å². The molecule has 1 atom stereocenters. The fourth-order valence-electron chi connectivity index (χ4n) is 2.94. The van der Waals surface area contributed by atoms with E-state index in [9.17, 15) is 13.2 Å². The van der Waals surface area contributed by atoms with Crippen molar-refractivity contribution in [1.29, 1.82) is 0 Å².